The van der Waals surface area contributed by atoms with Crippen LogP contribution in [0.3, 0.4) is 0 Å². The van der Waals surface area contributed by atoms with Crippen molar-refractivity contribution in [3.05, 3.63) is 40.9 Å². The topological polar surface area (TPSA) is 51.2 Å². The van der Waals surface area contributed by atoms with Crippen molar-refractivity contribution in [2.45, 2.75) is 33.3 Å². The lowest BCUT2D eigenvalue weighted by molar-refractivity contribution is -0.122. The number of carbonyl (C=O) groups is 1. The second-order valence-corrected chi connectivity index (χ2v) is 5.50. The molecule has 1 N–H and O–H groups in total. The standard InChI is InChI=1S/C15H18N2O2S/c1-4-12(14(18)17-15-16-7-8-20-15)19-13-6-5-10(2)9-11(13)3/h5-9,12H,4H2,1-3H3,(H,16,17,18)/t12-/m1/s1. The molecule has 0 aliphatic rings. The fourth-order valence-corrected chi connectivity index (χ4v) is 2.41. The molecule has 20 heavy (non-hydrogen) atoms. The van der Waals surface area contributed by atoms with Crippen molar-refractivity contribution in [2.24, 2.45) is 0 Å². The van der Waals surface area contributed by atoms with Gasteiger partial charge in [0.2, 0.25) is 0 Å². The largest absolute Gasteiger partial charge is 0.480 e. The normalized spacial score (nSPS) is 11.9. The average molecular weight is 290 g/mol. The summed E-state index contributed by atoms with van der Waals surface area (Å²) >= 11 is 1.39. The van der Waals surface area contributed by atoms with Crippen LogP contribution >= 0.6 is 11.3 Å². The number of rotatable bonds is 5. The fourth-order valence-electron chi connectivity index (χ4n) is 1.88. The maximum absolute atomic E-state index is 12.2. The van der Waals surface area contributed by atoms with Gasteiger partial charge in [0.05, 0.1) is 0 Å². The number of hydrogen-bond donors (Lipinski definition) is 1. The van der Waals surface area contributed by atoms with Crippen LogP contribution in [-0.2, 0) is 4.79 Å². The highest BCUT2D eigenvalue weighted by molar-refractivity contribution is 7.13. The number of hydrogen-bond acceptors (Lipinski definition) is 4. The Balaban J connectivity index is 2.06. The summed E-state index contributed by atoms with van der Waals surface area (Å²) in [6, 6.07) is 5.93. The number of benzene rings is 1. The van der Waals surface area contributed by atoms with E-state index in [4.69, 9.17) is 4.74 Å². The number of carbonyl (C=O) groups excluding carboxylic acids is 1. The molecule has 4 nitrogen and oxygen atoms in total. The molecule has 0 bridgehead atoms. The van der Waals surface area contributed by atoms with E-state index in [0.717, 1.165) is 11.3 Å². The van der Waals surface area contributed by atoms with E-state index in [1.807, 2.05) is 44.4 Å². The Morgan fingerprint density at radius 1 is 1.45 bits per heavy atom. The van der Waals surface area contributed by atoms with Crippen LogP contribution in [0.1, 0.15) is 24.5 Å². The lowest BCUT2D eigenvalue weighted by Crippen LogP contribution is -2.32. The van der Waals surface area contributed by atoms with Crippen molar-refractivity contribution in [3.8, 4) is 5.75 Å². The molecule has 106 valence electrons. The van der Waals surface area contributed by atoms with Gasteiger partial charge >= 0.3 is 0 Å². The maximum atomic E-state index is 12.2. The summed E-state index contributed by atoms with van der Waals surface area (Å²) in [4.78, 5) is 16.2. The molecule has 0 spiro atoms. The predicted octanol–water partition coefficient (Wildman–Crippen LogP) is 3.56. The van der Waals surface area contributed by atoms with Gasteiger partial charge in [-0.05, 0) is 31.9 Å². The molecule has 0 saturated carbocycles. The van der Waals surface area contributed by atoms with E-state index in [0.29, 0.717) is 11.6 Å². The molecule has 0 saturated heterocycles. The maximum Gasteiger partial charge on any atom is 0.267 e. The van der Waals surface area contributed by atoms with Crippen molar-refractivity contribution < 1.29 is 9.53 Å². The van der Waals surface area contributed by atoms with Crippen LogP contribution in [0.5, 0.6) is 5.75 Å². The van der Waals surface area contributed by atoms with Crippen LogP contribution in [0.15, 0.2) is 29.8 Å². The van der Waals surface area contributed by atoms with Gasteiger partial charge in [0.1, 0.15) is 5.75 Å². The summed E-state index contributed by atoms with van der Waals surface area (Å²) in [6.45, 7) is 5.94. The fraction of sp³-hybridized carbons (Fsp3) is 0.333. The van der Waals surface area contributed by atoms with Crippen LogP contribution in [0.25, 0.3) is 0 Å². The van der Waals surface area contributed by atoms with Crippen LogP contribution in [-0.4, -0.2) is 17.0 Å². The van der Waals surface area contributed by atoms with Gasteiger partial charge in [0.25, 0.3) is 5.91 Å². The third-order valence-corrected chi connectivity index (χ3v) is 3.61. The smallest absolute Gasteiger partial charge is 0.267 e. The third kappa shape index (κ3) is 3.57. The first kappa shape index (κ1) is 14.5. The Morgan fingerprint density at radius 2 is 2.25 bits per heavy atom. The molecule has 1 heterocycles. The Labute approximate surface area is 122 Å². The van der Waals surface area contributed by atoms with Crippen LogP contribution in [0.4, 0.5) is 5.13 Å². The zero-order valence-electron chi connectivity index (χ0n) is 11.8. The monoisotopic (exact) mass is 290 g/mol. The zero-order chi connectivity index (χ0) is 14.5. The first-order valence-electron chi connectivity index (χ1n) is 6.54. The molecule has 1 atom stereocenters. The van der Waals surface area contributed by atoms with Gasteiger partial charge in [0, 0.05) is 11.6 Å². The number of nitrogens with one attached hydrogen (secondary N) is 1. The molecule has 1 amide bonds. The Kier molecular flexibility index (Phi) is 4.74. The van der Waals surface area contributed by atoms with Crippen molar-refractivity contribution >= 4 is 22.4 Å². The van der Waals surface area contributed by atoms with E-state index >= 15 is 0 Å². The number of ether oxygens (including phenoxy) is 1. The van der Waals surface area contributed by atoms with Gasteiger partial charge in [-0.3, -0.25) is 10.1 Å². The van der Waals surface area contributed by atoms with E-state index < -0.39 is 6.10 Å². The van der Waals surface area contributed by atoms with Crippen LogP contribution < -0.4 is 10.1 Å². The van der Waals surface area contributed by atoms with E-state index in [9.17, 15) is 4.79 Å². The van der Waals surface area contributed by atoms with E-state index in [1.54, 1.807) is 6.20 Å². The molecule has 0 unspecified atom stereocenters. The highest BCUT2D eigenvalue weighted by atomic mass is 32.1. The SMILES string of the molecule is CC[C@@H](Oc1ccc(C)cc1C)C(=O)Nc1nccs1. The highest BCUT2D eigenvalue weighted by Crippen LogP contribution is 2.21. The van der Waals surface area contributed by atoms with Crippen LogP contribution in [0.2, 0.25) is 0 Å². The summed E-state index contributed by atoms with van der Waals surface area (Å²) < 4.78 is 5.82. The van der Waals surface area contributed by atoms with Gasteiger partial charge in [-0.1, -0.05) is 24.6 Å². The molecule has 0 aliphatic carbocycles. The van der Waals surface area contributed by atoms with Crippen LogP contribution in [0, 0.1) is 13.8 Å². The lowest BCUT2D eigenvalue weighted by atomic mass is 10.1. The second kappa shape index (κ2) is 6.52. The summed E-state index contributed by atoms with van der Waals surface area (Å²) in [5, 5.41) is 5.18. The van der Waals surface area contributed by atoms with Crippen molar-refractivity contribution in [3.63, 3.8) is 0 Å². The van der Waals surface area contributed by atoms with Gasteiger partial charge < -0.3 is 4.74 Å². The molecular formula is C15H18N2O2S. The molecule has 2 aromatic rings. The Morgan fingerprint density at radius 3 is 2.85 bits per heavy atom. The van der Waals surface area contributed by atoms with Crippen molar-refractivity contribution in [1.29, 1.82) is 0 Å². The summed E-state index contributed by atoms with van der Waals surface area (Å²) in [5.74, 6) is 0.583. The Hall–Kier alpha value is -1.88. The number of amides is 1. The quantitative estimate of drug-likeness (QED) is 0.916. The van der Waals surface area contributed by atoms with Gasteiger partial charge in [-0.2, -0.15) is 0 Å². The summed E-state index contributed by atoms with van der Waals surface area (Å²) in [6.07, 6.45) is 1.75. The minimum absolute atomic E-state index is 0.164. The second-order valence-electron chi connectivity index (χ2n) is 4.61. The minimum atomic E-state index is -0.514. The first-order valence-corrected chi connectivity index (χ1v) is 7.42. The number of anilines is 1. The third-order valence-electron chi connectivity index (χ3n) is 2.93. The van der Waals surface area contributed by atoms with E-state index in [-0.39, 0.29) is 5.91 Å². The average Bonchev–Trinajstić information content (AvgIpc) is 2.90. The predicted molar refractivity (Wildman–Crippen MR) is 81.4 cm³/mol. The zero-order valence-corrected chi connectivity index (χ0v) is 12.7. The molecule has 1 aromatic carbocycles. The molecule has 0 radical (unpaired) electrons. The summed E-state index contributed by atoms with van der Waals surface area (Å²) in [7, 11) is 0. The van der Waals surface area contributed by atoms with Gasteiger partial charge in [0.15, 0.2) is 11.2 Å². The molecule has 0 aliphatic heterocycles. The van der Waals surface area contributed by atoms with E-state index in [2.05, 4.69) is 10.3 Å². The number of nitrogens with zero attached hydrogens (tertiary/aromatic N) is 1. The molecule has 1 aromatic heterocycles. The van der Waals surface area contributed by atoms with Gasteiger partial charge in [-0.25, -0.2) is 4.98 Å². The molecule has 2 rings (SSSR count). The number of thiazole rings is 1. The van der Waals surface area contributed by atoms with E-state index in [1.165, 1.54) is 16.9 Å². The lowest BCUT2D eigenvalue weighted by Gasteiger charge is -2.18. The highest BCUT2D eigenvalue weighted by Gasteiger charge is 2.20. The van der Waals surface area contributed by atoms with Crippen molar-refractivity contribution in [2.75, 3.05) is 5.32 Å². The summed E-state index contributed by atoms with van der Waals surface area (Å²) in [5.41, 5.74) is 2.21. The minimum Gasteiger partial charge on any atom is -0.480 e. The first-order chi connectivity index (χ1) is 9.60. The molecule has 5 heteroatoms. The van der Waals surface area contributed by atoms with Gasteiger partial charge in [-0.15, -0.1) is 11.3 Å². The Bertz CT molecular complexity index is 582. The number of aryl methyl sites for hydroxylation is 2. The molecule has 0 fully saturated rings. The van der Waals surface area contributed by atoms with Crippen molar-refractivity contribution in [1.82, 2.24) is 4.98 Å². The molecular weight excluding hydrogens is 272 g/mol. The number of aromatic nitrogens is 1.